The lowest BCUT2D eigenvalue weighted by Gasteiger charge is -2.12. The van der Waals surface area contributed by atoms with Crippen molar-refractivity contribution in [2.45, 2.75) is 32.2 Å². The van der Waals surface area contributed by atoms with Crippen molar-refractivity contribution in [1.82, 2.24) is 5.32 Å². The Kier molecular flexibility index (Phi) is 7.11. The summed E-state index contributed by atoms with van der Waals surface area (Å²) in [5.74, 6) is -0.873. The standard InChI is InChI=1S/C15H20N2O4/c1-2-3-9-13(15(18)19)16-11-6-8-12-7-4-5-10-14(12)17(20)21/h4-8,10,13,16H,2-3,9,11H2,1H3,(H,18,19)/b8-6+/t13-/m0/s1. The number of hydrogen-bond donors (Lipinski definition) is 2. The number of hydrogen-bond acceptors (Lipinski definition) is 4. The summed E-state index contributed by atoms with van der Waals surface area (Å²) in [6.07, 6.45) is 5.69. The molecule has 1 rings (SSSR count). The number of nitrogens with one attached hydrogen (secondary N) is 1. The minimum absolute atomic E-state index is 0.0366. The highest BCUT2D eigenvalue weighted by molar-refractivity contribution is 5.73. The molecule has 0 aliphatic heterocycles. The van der Waals surface area contributed by atoms with Crippen LogP contribution in [0.3, 0.4) is 0 Å². The summed E-state index contributed by atoms with van der Waals surface area (Å²) in [5, 5.41) is 22.8. The molecule has 1 aromatic carbocycles. The summed E-state index contributed by atoms with van der Waals surface area (Å²) in [4.78, 5) is 21.4. The third kappa shape index (κ3) is 5.74. The number of carboxylic acids is 1. The van der Waals surface area contributed by atoms with Gasteiger partial charge < -0.3 is 10.4 Å². The fourth-order valence-electron chi connectivity index (χ4n) is 1.91. The molecule has 0 radical (unpaired) electrons. The van der Waals surface area contributed by atoms with Gasteiger partial charge in [0.15, 0.2) is 0 Å². The van der Waals surface area contributed by atoms with E-state index in [0.717, 1.165) is 12.8 Å². The number of nitro benzene ring substituents is 1. The maximum Gasteiger partial charge on any atom is 0.320 e. The average molecular weight is 292 g/mol. The van der Waals surface area contributed by atoms with E-state index in [1.165, 1.54) is 6.07 Å². The van der Waals surface area contributed by atoms with E-state index >= 15 is 0 Å². The molecule has 0 saturated carbocycles. The molecule has 0 fully saturated rings. The first kappa shape index (κ1) is 16.8. The number of para-hydroxylation sites is 1. The third-order valence-corrected chi connectivity index (χ3v) is 3.06. The molecule has 0 aliphatic rings. The van der Waals surface area contributed by atoms with Crippen LogP contribution in [0.25, 0.3) is 6.08 Å². The number of nitro groups is 1. The summed E-state index contributed by atoms with van der Waals surface area (Å²) in [6.45, 7) is 2.36. The Bertz CT molecular complexity index is 514. The number of carbonyl (C=O) groups is 1. The van der Waals surface area contributed by atoms with Crippen molar-refractivity contribution < 1.29 is 14.8 Å². The van der Waals surface area contributed by atoms with Crippen LogP contribution in [0.2, 0.25) is 0 Å². The lowest BCUT2D eigenvalue weighted by atomic mass is 10.1. The molecule has 0 amide bonds. The van der Waals surface area contributed by atoms with Crippen LogP contribution < -0.4 is 5.32 Å². The van der Waals surface area contributed by atoms with Gasteiger partial charge in [0.2, 0.25) is 0 Å². The number of carboxylic acid groups (broad SMARTS) is 1. The molecule has 0 heterocycles. The molecular weight excluding hydrogens is 272 g/mol. The first-order valence-electron chi connectivity index (χ1n) is 6.92. The van der Waals surface area contributed by atoms with E-state index in [1.54, 1.807) is 30.4 Å². The van der Waals surface area contributed by atoms with Gasteiger partial charge in [-0.1, -0.05) is 44.1 Å². The van der Waals surface area contributed by atoms with Crippen LogP contribution in [-0.2, 0) is 4.79 Å². The second-order valence-electron chi connectivity index (χ2n) is 4.66. The molecule has 0 aromatic heterocycles. The van der Waals surface area contributed by atoms with Gasteiger partial charge in [0.1, 0.15) is 6.04 Å². The molecule has 1 atom stereocenters. The van der Waals surface area contributed by atoms with Crippen molar-refractivity contribution in [2.75, 3.05) is 6.54 Å². The van der Waals surface area contributed by atoms with Crippen molar-refractivity contribution in [3.05, 3.63) is 46.0 Å². The number of benzene rings is 1. The van der Waals surface area contributed by atoms with Crippen molar-refractivity contribution in [2.24, 2.45) is 0 Å². The third-order valence-electron chi connectivity index (χ3n) is 3.06. The predicted molar refractivity (Wildman–Crippen MR) is 81.1 cm³/mol. The number of aliphatic carboxylic acids is 1. The smallest absolute Gasteiger partial charge is 0.320 e. The monoisotopic (exact) mass is 292 g/mol. The van der Waals surface area contributed by atoms with E-state index in [9.17, 15) is 14.9 Å². The normalized spacial score (nSPS) is 12.4. The lowest BCUT2D eigenvalue weighted by Crippen LogP contribution is -2.36. The van der Waals surface area contributed by atoms with Gasteiger partial charge >= 0.3 is 5.97 Å². The fourth-order valence-corrected chi connectivity index (χ4v) is 1.91. The SMILES string of the molecule is CCCC[C@H](NC/C=C/c1ccccc1[N+](=O)[O-])C(=O)O. The second kappa shape index (κ2) is 8.86. The Balaban J connectivity index is 2.58. The Hall–Kier alpha value is -2.21. The Labute approximate surface area is 123 Å². The molecule has 6 heteroatoms. The van der Waals surface area contributed by atoms with Crippen molar-refractivity contribution in [3.8, 4) is 0 Å². The van der Waals surface area contributed by atoms with E-state index in [1.807, 2.05) is 6.92 Å². The van der Waals surface area contributed by atoms with Gasteiger partial charge in [-0.25, -0.2) is 0 Å². The number of unbranched alkanes of at least 4 members (excludes halogenated alkanes) is 1. The molecule has 0 aliphatic carbocycles. The maximum atomic E-state index is 11.0. The zero-order chi connectivity index (χ0) is 15.7. The quantitative estimate of drug-likeness (QED) is 0.539. The molecule has 2 N–H and O–H groups in total. The lowest BCUT2D eigenvalue weighted by molar-refractivity contribution is -0.385. The van der Waals surface area contributed by atoms with Crippen molar-refractivity contribution >= 4 is 17.7 Å². The first-order chi connectivity index (χ1) is 10.1. The molecule has 0 bridgehead atoms. The minimum Gasteiger partial charge on any atom is -0.480 e. The topological polar surface area (TPSA) is 92.5 Å². The fraction of sp³-hybridized carbons (Fsp3) is 0.400. The molecule has 6 nitrogen and oxygen atoms in total. The zero-order valence-electron chi connectivity index (χ0n) is 12.0. The van der Waals surface area contributed by atoms with E-state index in [-0.39, 0.29) is 5.69 Å². The highest BCUT2D eigenvalue weighted by Gasteiger charge is 2.14. The molecule has 114 valence electrons. The molecule has 21 heavy (non-hydrogen) atoms. The molecule has 1 aromatic rings. The summed E-state index contributed by atoms with van der Waals surface area (Å²) in [5.41, 5.74) is 0.541. The molecule has 0 unspecified atom stereocenters. The second-order valence-corrected chi connectivity index (χ2v) is 4.66. The summed E-state index contributed by atoms with van der Waals surface area (Å²) < 4.78 is 0. The van der Waals surface area contributed by atoms with E-state index < -0.39 is 16.9 Å². The Morgan fingerprint density at radius 2 is 2.19 bits per heavy atom. The van der Waals surface area contributed by atoms with Crippen LogP contribution in [0.1, 0.15) is 31.7 Å². The van der Waals surface area contributed by atoms with Crippen LogP contribution in [0, 0.1) is 10.1 Å². The highest BCUT2D eigenvalue weighted by Crippen LogP contribution is 2.18. The Morgan fingerprint density at radius 1 is 1.48 bits per heavy atom. The van der Waals surface area contributed by atoms with Gasteiger partial charge in [0, 0.05) is 12.6 Å². The number of nitrogens with zero attached hydrogens (tertiary/aromatic N) is 1. The van der Waals surface area contributed by atoms with Crippen LogP contribution >= 0.6 is 0 Å². The van der Waals surface area contributed by atoms with Crippen LogP contribution in [0.4, 0.5) is 5.69 Å². The average Bonchev–Trinajstić information content (AvgIpc) is 2.46. The molecule has 0 spiro atoms. The van der Waals surface area contributed by atoms with Gasteiger partial charge in [-0.05, 0) is 12.5 Å². The van der Waals surface area contributed by atoms with Gasteiger partial charge in [0.25, 0.3) is 5.69 Å². The zero-order valence-corrected chi connectivity index (χ0v) is 12.0. The Morgan fingerprint density at radius 3 is 2.81 bits per heavy atom. The minimum atomic E-state index is -0.873. The van der Waals surface area contributed by atoms with E-state index in [2.05, 4.69) is 5.32 Å². The van der Waals surface area contributed by atoms with Gasteiger partial charge in [0.05, 0.1) is 10.5 Å². The predicted octanol–water partition coefficient (Wildman–Crippen LogP) is 2.84. The van der Waals surface area contributed by atoms with Gasteiger partial charge in [-0.3, -0.25) is 14.9 Å². The van der Waals surface area contributed by atoms with Gasteiger partial charge in [-0.2, -0.15) is 0 Å². The summed E-state index contributed by atoms with van der Waals surface area (Å²) >= 11 is 0. The van der Waals surface area contributed by atoms with Crippen LogP contribution in [0.5, 0.6) is 0 Å². The van der Waals surface area contributed by atoms with E-state index in [4.69, 9.17) is 5.11 Å². The van der Waals surface area contributed by atoms with Gasteiger partial charge in [-0.15, -0.1) is 0 Å². The summed E-state index contributed by atoms with van der Waals surface area (Å²) in [7, 11) is 0. The highest BCUT2D eigenvalue weighted by atomic mass is 16.6. The molecular formula is C15H20N2O4. The summed E-state index contributed by atoms with van der Waals surface area (Å²) in [6, 6.07) is 5.84. The first-order valence-corrected chi connectivity index (χ1v) is 6.92. The van der Waals surface area contributed by atoms with Crippen LogP contribution in [-0.4, -0.2) is 28.6 Å². The number of rotatable bonds is 9. The van der Waals surface area contributed by atoms with Crippen molar-refractivity contribution in [3.63, 3.8) is 0 Å². The van der Waals surface area contributed by atoms with Crippen LogP contribution in [0.15, 0.2) is 30.3 Å². The molecule has 0 saturated heterocycles. The van der Waals surface area contributed by atoms with Crippen molar-refractivity contribution in [1.29, 1.82) is 0 Å². The largest absolute Gasteiger partial charge is 0.480 e. The maximum absolute atomic E-state index is 11.0. The van der Waals surface area contributed by atoms with E-state index in [0.29, 0.717) is 18.5 Å².